The molecule has 0 bridgehead atoms. The molecule has 1 unspecified atom stereocenters. The van der Waals surface area contributed by atoms with E-state index >= 15 is 0 Å². The Balaban J connectivity index is 2.00. The minimum atomic E-state index is -4.41. The van der Waals surface area contributed by atoms with E-state index in [1.807, 2.05) is 0 Å². The van der Waals surface area contributed by atoms with E-state index in [-0.39, 0.29) is 28.6 Å². The van der Waals surface area contributed by atoms with Crippen LogP contribution in [0.3, 0.4) is 0 Å². The number of hydrogen-bond acceptors (Lipinski definition) is 7. The van der Waals surface area contributed by atoms with Crippen LogP contribution in [0.25, 0.3) is 0 Å². The molecule has 0 spiro atoms. The number of fused-ring (bicyclic) bond motifs is 1. The SMILES string of the molecule is COc1ccccc1C1(CN[C@@H](C)C(=O)N(C)C)C(=O)N(S(=O)(=O)c2ccc(Cl)cc2)c2ccc(C#N)cc21. The molecule has 3 aromatic carbocycles. The van der Waals surface area contributed by atoms with Crippen molar-refractivity contribution in [2.45, 2.75) is 23.3 Å². The number of likely N-dealkylation sites (N-methyl/N-ethyl adjacent to an activating group) is 1. The van der Waals surface area contributed by atoms with Crippen LogP contribution in [0.1, 0.15) is 23.6 Å². The summed E-state index contributed by atoms with van der Waals surface area (Å²) in [6.07, 6.45) is 0. The normalized spacial score (nSPS) is 17.3. The molecule has 9 nitrogen and oxygen atoms in total. The van der Waals surface area contributed by atoms with Crippen LogP contribution >= 0.6 is 11.6 Å². The van der Waals surface area contributed by atoms with Gasteiger partial charge in [0.15, 0.2) is 0 Å². The number of sulfonamides is 1. The van der Waals surface area contributed by atoms with Gasteiger partial charge >= 0.3 is 0 Å². The zero-order valence-corrected chi connectivity index (χ0v) is 23.4. The topological polar surface area (TPSA) is 120 Å². The van der Waals surface area contributed by atoms with Gasteiger partial charge in [0.1, 0.15) is 11.2 Å². The van der Waals surface area contributed by atoms with E-state index in [2.05, 4.69) is 11.4 Å². The second-order valence-corrected chi connectivity index (χ2v) is 11.5. The summed E-state index contributed by atoms with van der Waals surface area (Å²) < 4.78 is 34.3. The molecule has 0 fully saturated rings. The largest absolute Gasteiger partial charge is 0.496 e. The lowest BCUT2D eigenvalue weighted by Crippen LogP contribution is -2.53. The molecule has 2 amide bonds. The van der Waals surface area contributed by atoms with Crippen LogP contribution in [0.15, 0.2) is 71.6 Å². The summed E-state index contributed by atoms with van der Waals surface area (Å²) >= 11 is 5.98. The molecule has 0 saturated carbocycles. The lowest BCUT2D eigenvalue weighted by atomic mass is 9.74. The number of nitriles is 1. The van der Waals surface area contributed by atoms with Crippen molar-refractivity contribution in [3.63, 3.8) is 0 Å². The Morgan fingerprint density at radius 3 is 2.41 bits per heavy atom. The molecule has 1 heterocycles. The third kappa shape index (κ3) is 4.74. The maximum Gasteiger partial charge on any atom is 0.270 e. The van der Waals surface area contributed by atoms with Crippen molar-refractivity contribution in [1.29, 1.82) is 5.26 Å². The summed E-state index contributed by atoms with van der Waals surface area (Å²) in [5, 5.41) is 13.2. The van der Waals surface area contributed by atoms with Gasteiger partial charge < -0.3 is 15.0 Å². The zero-order valence-electron chi connectivity index (χ0n) is 21.8. The Morgan fingerprint density at radius 2 is 1.79 bits per heavy atom. The molecule has 3 aromatic rings. The van der Waals surface area contributed by atoms with Gasteiger partial charge in [0.25, 0.3) is 15.9 Å². The lowest BCUT2D eigenvalue weighted by Gasteiger charge is -2.32. The molecular formula is C28H27ClN4O5S. The highest BCUT2D eigenvalue weighted by Crippen LogP contribution is 2.50. The summed E-state index contributed by atoms with van der Waals surface area (Å²) in [6, 6.07) is 18.1. The number of hydrogen-bond donors (Lipinski definition) is 1. The number of carbonyl (C=O) groups excluding carboxylic acids is 2. The molecule has 4 rings (SSSR count). The minimum Gasteiger partial charge on any atom is -0.496 e. The van der Waals surface area contributed by atoms with Crippen LogP contribution in [0, 0.1) is 11.3 Å². The summed E-state index contributed by atoms with van der Waals surface area (Å²) in [4.78, 5) is 28.6. The molecule has 2 atom stereocenters. The first-order valence-electron chi connectivity index (χ1n) is 12.0. The fourth-order valence-corrected chi connectivity index (χ4v) is 6.39. The zero-order chi connectivity index (χ0) is 28.5. The first-order valence-corrected chi connectivity index (χ1v) is 13.8. The number of nitrogens with one attached hydrogen (secondary N) is 1. The van der Waals surface area contributed by atoms with Crippen LogP contribution in [-0.2, 0) is 25.0 Å². The molecule has 1 aliphatic rings. The van der Waals surface area contributed by atoms with Gasteiger partial charge in [-0.2, -0.15) is 5.26 Å². The molecule has 11 heteroatoms. The second-order valence-electron chi connectivity index (χ2n) is 9.31. The summed E-state index contributed by atoms with van der Waals surface area (Å²) in [7, 11) is 0.279. The monoisotopic (exact) mass is 566 g/mol. The number of para-hydroxylation sites is 1. The summed E-state index contributed by atoms with van der Waals surface area (Å²) in [5.74, 6) is -0.658. The quantitative estimate of drug-likeness (QED) is 0.444. The average Bonchev–Trinajstić information content (AvgIpc) is 3.19. The van der Waals surface area contributed by atoms with Crippen LogP contribution in [0.2, 0.25) is 5.02 Å². The predicted octanol–water partition coefficient (Wildman–Crippen LogP) is 3.31. The number of halogens is 1. The van der Waals surface area contributed by atoms with E-state index in [4.69, 9.17) is 16.3 Å². The van der Waals surface area contributed by atoms with E-state index in [0.717, 1.165) is 4.31 Å². The van der Waals surface area contributed by atoms with Crippen molar-refractivity contribution in [2.24, 2.45) is 0 Å². The van der Waals surface area contributed by atoms with E-state index < -0.39 is 27.4 Å². The van der Waals surface area contributed by atoms with Gasteiger partial charge in [-0.25, -0.2) is 12.7 Å². The highest BCUT2D eigenvalue weighted by molar-refractivity contribution is 7.93. The number of amides is 2. The van der Waals surface area contributed by atoms with Gasteiger partial charge in [-0.15, -0.1) is 0 Å². The Bertz CT molecular complexity index is 1580. The van der Waals surface area contributed by atoms with E-state index in [0.29, 0.717) is 21.9 Å². The van der Waals surface area contributed by atoms with E-state index in [1.54, 1.807) is 45.3 Å². The van der Waals surface area contributed by atoms with Gasteiger partial charge in [-0.3, -0.25) is 9.59 Å². The molecule has 0 radical (unpaired) electrons. The maximum atomic E-state index is 14.6. The minimum absolute atomic E-state index is 0.105. The third-order valence-corrected chi connectivity index (χ3v) is 8.72. The number of anilines is 1. The van der Waals surface area contributed by atoms with Crippen molar-refractivity contribution in [2.75, 3.05) is 32.1 Å². The van der Waals surface area contributed by atoms with E-state index in [1.165, 1.54) is 54.5 Å². The van der Waals surface area contributed by atoms with E-state index in [9.17, 15) is 23.3 Å². The molecule has 1 aliphatic heterocycles. The predicted molar refractivity (Wildman–Crippen MR) is 147 cm³/mol. The molecular weight excluding hydrogens is 540 g/mol. The van der Waals surface area contributed by atoms with Gasteiger partial charge in [-0.05, 0) is 61.0 Å². The first kappa shape index (κ1) is 28.1. The van der Waals surface area contributed by atoms with Crippen molar-refractivity contribution in [3.8, 4) is 11.8 Å². The lowest BCUT2D eigenvalue weighted by molar-refractivity contribution is -0.131. The van der Waals surface area contributed by atoms with Crippen molar-refractivity contribution < 1.29 is 22.7 Å². The van der Waals surface area contributed by atoms with Crippen LogP contribution in [0.5, 0.6) is 5.75 Å². The number of methoxy groups -OCH3 is 1. The number of nitrogens with zero attached hydrogens (tertiary/aromatic N) is 3. The first-order chi connectivity index (χ1) is 18.5. The fraction of sp³-hybridized carbons (Fsp3) is 0.250. The number of rotatable bonds is 8. The highest BCUT2D eigenvalue weighted by atomic mass is 35.5. The molecule has 39 heavy (non-hydrogen) atoms. The molecule has 0 saturated heterocycles. The number of benzene rings is 3. The van der Waals surface area contributed by atoms with Gasteiger partial charge in [0.05, 0.1) is 35.4 Å². The molecule has 1 N–H and O–H groups in total. The molecule has 202 valence electrons. The summed E-state index contributed by atoms with van der Waals surface area (Å²) in [5.41, 5.74) is -0.628. The van der Waals surface area contributed by atoms with Crippen molar-refractivity contribution >= 4 is 39.1 Å². The van der Waals surface area contributed by atoms with Gasteiger partial charge in [0, 0.05) is 31.2 Å². The summed E-state index contributed by atoms with van der Waals surface area (Å²) in [6.45, 7) is 1.51. The molecule has 0 aliphatic carbocycles. The standard InChI is InChI=1S/C28H27ClN4O5S/c1-18(26(34)32(2)3)31-17-28(22-7-5-6-8-25(22)38-4)23-15-19(16-30)9-14-24(23)33(27(28)35)39(36,37)21-12-10-20(29)11-13-21/h5-15,18,31H,17H2,1-4H3/t18-,28?/m0/s1. The Labute approximate surface area is 232 Å². The average molecular weight is 567 g/mol. The van der Waals surface area contributed by atoms with Gasteiger partial charge in [-0.1, -0.05) is 29.8 Å². The maximum absolute atomic E-state index is 14.6. The van der Waals surface area contributed by atoms with Crippen LogP contribution in [0.4, 0.5) is 5.69 Å². The third-order valence-electron chi connectivity index (χ3n) is 6.76. The fourth-order valence-electron chi connectivity index (χ4n) is 4.78. The Hall–Kier alpha value is -3.91. The highest BCUT2D eigenvalue weighted by Gasteiger charge is 2.57. The Kier molecular flexibility index (Phi) is 7.70. The smallest absolute Gasteiger partial charge is 0.270 e. The van der Waals surface area contributed by atoms with Gasteiger partial charge in [0.2, 0.25) is 5.91 Å². The van der Waals surface area contributed by atoms with Crippen LogP contribution in [-0.4, -0.2) is 58.9 Å². The van der Waals surface area contributed by atoms with Crippen molar-refractivity contribution in [1.82, 2.24) is 10.2 Å². The number of carbonyl (C=O) groups is 2. The van der Waals surface area contributed by atoms with Crippen molar-refractivity contribution in [3.05, 3.63) is 88.4 Å². The molecule has 0 aromatic heterocycles. The Morgan fingerprint density at radius 1 is 1.13 bits per heavy atom. The number of ether oxygens (including phenoxy) is 1. The van der Waals surface area contributed by atoms with Crippen LogP contribution < -0.4 is 14.4 Å². The second kappa shape index (κ2) is 10.7.